The van der Waals surface area contributed by atoms with Crippen molar-refractivity contribution in [1.29, 1.82) is 0 Å². The molecule has 0 radical (unpaired) electrons. The van der Waals surface area contributed by atoms with E-state index in [1.54, 1.807) is 12.3 Å². The summed E-state index contributed by atoms with van der Waals surface area (Å²) in [6.07, 6.45) is 1.69. The Kier molecular flexibility index (Phi) is 4.52. The van der Waals surface area contributed by atoms with Gasteiger partial charge in [-0.05, 0) is 57.3 Å². The molecule has 2 rings (SSSR count). The molecule has 1 N–H and O–H groups in total. The molecule has 0 aliphatic rings. The van der Waals surface area contributed by atoms with E-state index in [1.807, 2.05) is 12.1 Å². The van der Waals surface area contributed by atoms with Crippen molar-refractivity contribution < 1.29 is 24.6 Å². The molecule has 0 atom stereocenters. The van der Waals surface area contributed by atoms with Crippen LogP contribution in [0.1, 0.15) is 0 Å². The number of aromatic hydroxyl groups is 1. The molecule has 0 spiro atoms. The van der Waals surface area contributed by atoms with Gasteiger partial charge in [0.2, 0.25) is 0 Å². The first-order valence-corrected chi connectivity index (χ1v) is 5.77. The van der Waals surface area contributed by atoms with Crippen molar-refractivity contribution in [3.8, 4) is 5.75 Å². The molecule has 1 aromatic carbocycles. The Morgan fingerprint density at radius 1 is 1.29 bits per heavy atom. The fourth-order valence-corrected chi connectivity index (χ4v) is 2.34. The van der Waals surface area contributed by atoms with Crippen LogP contribution in [0.5, 0.6) is 5.75 Å². The Morgan fingerprint density at radius 2 is 2.00 bits per heavy atom. The van der Waals surface area contributed by atoms with Gasteiger partial charge in [-0.15, -0.1) is 0 Å². The maximum Gasteiger partial charge on any atom is 2.00 e. The molecule has 0 saturated heterocycles. The number of benzene rings is 1. The Hall–Kier alpha value is 0.513. The van der Waals surface area contributed by atoms with Crippen LogP contribution < -0.4 is 0 Å². The van der Waals surface area contributed by atoms with Crippen LogP contribution in [-0.4, -0.2) is 10.1 Å². The number of fused-ring (bicyclic) bond motifs is 1. The van der Waals surface area contributed by atoms with Crippen LogP contribution in [0.3, 0.4) is 0 Å². The molecule has 66 valence electrons. The minimum atomic E-state index is 0. The van der Waals surface area contributed by atoms with Crippen LogP contribution in [-0.2, 0) is 19.5 Å². The van der Waals surface area contributed by atoms with Gasteiger partial charge < -0.3 is 5.11 Å². The van der Waals surface area contributed by atoms with Gasteiger partial charge in [-0.2, -0.15) is 0 Å². The van der Waals surface area contributed by atoms with Gasteiger partial charge in [0, 0.05) is 18.7 Å². The Labute approximate surface area is 122 Å². The number of nitrogens with zero attached hydrogens (tertiary/aromatic N) is 1. The minimum absolute atomic E-state index is 0. The van der Waals surface area contributed by atoms with Crippen molar-refractivity contribution in [3.05, 3.63) is 31.5 Å². The van der Waals surface area contributed by atoms with E-state index >= 15 is 0 Å². The predicted octanol–water partition coefficient (Wildman–Crippen LogP) is 3.15. The van der Waals surface area contributed by atoms with E-state index in [0.717, 1.165) is 12.5 Å². The Balaban J connectivity index is 0.000000980. The normalized spacial score (nSPS) is 9.86. The molecule has 2 aromatic rings. The molecule has 1 aromatic heterocycles. The van der Waals surface area contributed by atoms with Crippen molar-refractivity contribution in [2.24, 2.45) is 0 Å². The fraction of sp³-hybridized carbons (Fsp3) is 0. The zero-order valence-electron chi connectivity index (χ0n) is 7.17. The van der Waals surface area contributed by atoms with E-state index in [-0.39, 0.29) is 25.2 Å². The molecule has 0 unspecified atom stereocenters. The van der Waals surface area contributed by atoms with Gasteiger partial charge >= 0.3 is 19.5 Å². The second-order valence-electron chi connectivity index (χ2n) is 2.59. The first-order chi connectivity index (χ1) is 6.20. The summed E-state index contributed by atoms with van der Waals surface area (Å²) in [6, 6.07) is 5.57. The SMILES string of the molecule is Oc1cc(I)c(I)c2cccnc12.[Zn+2]. The van der Waals surface area contributed by atoms with Crippen LogP contribution in [0.2, 0.25) is 0 Å². The Bertz CT molecular complexity index is 476. The van der Waals surface area contributed by atoms with Crippen molar-refractivity contribution >= 4 is 56.1 Å². The van der Waals surface area contributed by atoms with Gasteiger partial charge in [0.15, 0.2) is 0 Å². The third kappa shape index (κ3) is 2.19. The third-order valence-corrected chi connectivity index (χ3v) is 4.80. The molecular formula is C9H5I2NOZn+2. The number of aromatic nitrogens is 1. The number of phenols is 1. The minimum Gasteiger partial charge on any atom is -0.506 e. The first-order valence-electron chi connectivity index (χ1n) is 3.62. The molecule has 0 saturated carbocycles. The van der Waals surface area contributed by atoms with Crippen molar-refractivity contribution in [2.75, 3.05) is 0 Å². The summed E-state index contributed by atoms with van der Waals surface area (Å²) in [6.45, 7) is 0. The third-order valence-electron chi connectivity index (χ3n) is 1.76. The standard InChI is InChI=1S/C9H5I2NO.Zn/c10-6-4-7(13)9-5(8(6)11)2-1-3-12-9;/h1-4,13H;/q;+2. The largest absolute Gasteiger partial charge is 2.00 e. The van der Waals surface area contributed by atoms with Crippen molar-refractivity contribution in [1.82, 2.24) is 4.98 Å². The van der Waals surface area contributed by atoms with E-state index in [4.69, 9.17) is 0 Å². The Morgan fingerprint density at radius 3 is 2.71 bits per heavy atom. The van der Waals surface area contributed by atoms with Gasteiger partial charge in [-0.25, -0.2) is 0 Å². The molecule has 14 heavy (non-hydrogen) atoms. The smallest absolute Gasteiger partial charge is 0.506 e. The summed E-state index contributed by atoms with van der Waals surface area (Å²) in [5, 5.41) is 10.6. The van der Waals surface area contributed by atoms with E-state index in [0.29, 0.717) is 5.52 Å². The molecule has 0 fully saturated rings. The molecule has 1 heterocycles. The van der Waals surface area contributed by atoms with Gasteiger partial charge in [-0.3, -0.25) is 4.98 Å². The average molecular weight is 462 g/mol. The summed E-state index contributed by atoms with van der Waals surface area (Å²) in [5.41, 5.74) is 0.673. The number of phenolic OH excluding ortho intramolecular Hbond substituents is 1. The topological polar surface area (TPSA) is 33.1 Å². The second kappa shape index (κ2) is 5.03. The first kappa shape index (κ1) is 12.6. The quantitative estimate of drug-likeness (QED) is 0.482. The molecule has 0 aliphatic heterocycles. The van der Waals surface area contributed by atoms with Gasteiger partial charge in [-0.1, -0.05) is 6.07 Å². The molecular weight excluding hydrogens is 457 g/mol. The summed E-state index contributed by atoms with van der Waals surface area (Å²) in [7, 11) is 0. The number of halogens is 2. The molecule has 0 bridgehead atoms. The number of pyridine rings is 1. The van der Waals surface area contributed by atoms with Gasteiger partial charge in [0.25, 0.3) is 0 Å². The summed E-state index contributed by atoms with van der Waals surface area (Å²) < 4.78 is 2.19. The van der Waals surface area contributed by atoms with E-state index in [1.165, 1.54) is 0 Å². The van der Waals surface area contributed by atoms with Gasteiger partial charge in [0.1, 0.15) is 11.3 Å². The van der Waals surface area contributed by atoms with Crippen LogP contribution >= 0.6 is 45.2 Å². The van der Waals surface area contributed by atoms with E-state index < -0.39 is 0 Å². The zero-order chi connectivity index (χ0) is 9.42. The zero-order valence-corrected chi connectivity index (χ0v) is 14.4. The summed E-state index contributed by atoms with van der Waals surface area (Å²) in [5.74, 6) is 0.250. The van der Waals surface area contributed by atoms with Crippen LogP contribution in [0, 0.1) is 7.14 Å². The molecule has 0 amide bonds. The number of hydrogen-bond acceptors (Lipinski definition) is 2. The average Bonchev–Trinajstić information content (AvgIpc) is 2.15. The fourth-order valence-electron chi connectivity index (χ4n) is 1.17. The molecule has 2 nitrogen and oxygen atoms in total. The van der Waals surface area contributed by atoms with Crippen molar-refractivity contribution in [2.45, 2.75) is 0 Å². The number of hydrogen-bond donors (Lipinski definition) is 1. The van der Waals surface area contributed by atoms with Crippen LogP contribution in [0.15, 0.2) is 24.4 Å². The van der Waals surface area contributed by atoms with Crippen LogP contribution in [0.25, 0.3) is 10.9 Å². The van der Waals surface area contributed by atoms with E-state index in [9.17, 15) is 5.11 Å². The van der Waals surface area contributed by atoms with Crippen molar-refractivity contribution in [3.63, 3.8) is 0 Å². The summed E-state index contributed by atoms with van der Waals surface area (Å²) >= 11 is 4.46. The van der Waals surface area contributed by atoms with E-state index in [2.05, 4.69) is 50.2 Å². The number of rotatable bonds is 0. The maximum atomic E-state index is 9.61. The maximum absolute atomic E-state index is 9.61. The summed E-state index contributed by atoms with van der Waals surface area (Å²) in [4.78, 5) is 4.12. The van der Waals surface area contributed by atoms with Crippen LogP contribution in [0.4, 0.5) is 0 Å². The molecule has 5 heteroatoms. The second-order valence-corrected chi connectivity index (χ2v) is 4.83. The molecule has 0 aliphatic carbocycles. The van der Waals surface area contributed by atoms with Gasteiger partial charge in [0.05, 0.1) is 0 Å². The predicted molar refractivity (Wildman–Crippen MR) is 68.8 cm³/mol. The monoisotopic (exact) mass is 461 g/mol.